The number of halogens is 2. The smallest absolute Gasteiger partial charge is 0.164 e. The molecule has 23 heavy (non-hydrogen) atoms. The van der Waals surface area contributed by atoms with Gasteiger partial charge in [0.15, 0.2) is 5.65 Å². The molecule has 2 aromatic heterocycles. The summed E-state index contributed by atoms with van der Waals surface area (Å²) in [4.78, 5) is 8.46. The molecule has 120 valence electrons. The second kappa shape index (κ2) is 5.65. The number of hydrogen-bond donors (Lipinski definition) is 1. The average Bonchev–Trinajstić information content (AvgIpc) is 2.82. The molecule has 0 fully saturated rings. The number of hydrogen-bond acceptors (Lipinski definition) is 4. The summed E-state index contributed by atoms with van der Waals surface area (Å²) in [5.74, 6) is 0.422. The van der Waals surface area contributed by atoms with Gasteiger partial charge in [-0.25, -0.2) is 14.6 Å². The van der Waals surface area contributed by atoms with Crippen LogP contribution in [-0.2, 0) is 12.0 Å². The van der Waals surface area contributed by atoms with Crippen molar-refractivity contribution in [1.29, 1.82) is 0 Å². The fourth-order valence-corrected chi connectivity index (χ4v) is 2.96. The zero-order valence-corrected chi connectivity index (χ0v) is 14.7. The zero-order valence-electron chi connectivity index (χ0n) is 13.1. The lowest BCUT2D eigenvalue weighted by Crippen LogP contribution is -2.23. The van der Waals surface area contributed by atoms with Crippen molar-refractivity contribution in [3.8, 4) is 0 Å². The molecule has 3 rings (SSSR count). The Kier molecular flexibility index (Phi) is 3.94. The van der Waals surface area contributed by atoms with E-state index in [9.17, 15) is 0 Å². The van der Waals surface area contributed by atoms with Crippen molar-refractivity contribution < 1.29 is 0 Å². The highest BCUT2D eigenvalue weighted by Gasteiger charge is 2.23. The minimum Gasteiger partial charge on any atom is -0.383 e. The van der Waals surface area contributed by atoms with Crippen LogP contribution in [0.4, 0.5) is 5.82 Å². The first-order valence-electron chi connectivity index (χ1n) is 7.20. The van der Waals surface area contributed by atoms with Gasteiger partial charge in [-0.05, 0) is 38.5 Å². The number of nitrogens with two attached hydrogens (primary N) is 1. The van der Waals surface area contributed by atoms with Crippen molar-refractivity contribution in [3.05, 3.63) is 45.8 Å². The van der Waals surface area contributed by atoms with Crippen LogP contribution in [0.2, 0.25) is 10.0 Å². The third-order valence-corrected chi connectivity index (χ3v) is 4.16. The van der Waals surface area contributed by atoms with Crippen LogP contribution in [0, 0.1) is 0 Å². The highest BCUT2D eigenvalue weighted by atomic mass is 35.5. The summed E-state index contributed by atoms with van der Waals surface area (Å²) in [6.45, 7) is 6.20. The van der Waals surface area contributed by atoms with Crippen molar-refractivity contribution in [2.75, 3.05) is 5.73 Å². The molecule has 0 spiro atoms. The number of benzene rings is 1. The molecule has 7 heteroatoms. The Hall–Kier alpha value is -1.85. The summed E-state index contributed by atoms with van der Waals surface area (Å²) in [5.41, 5.74) is 8.31. The Labute approximate surface area is 144 Å². The molecule has 0 amide bonds. The lowest BCUT2D eigenvalue weighted by atomic mass is 10.1. The van der Waals surface area contributed by atoms with Gasteiger partial charge in [-0.2, -0.15) is 5.10 Å². The monoisotopic (exact) mass is 349 g/mol. The van der Waals surface area contributed by atoms with E-state index < -0.39 is 0 Å². The summed E-state index contributed by atoms with van der Waals surface area (Å²) in [6.07, 6.45) is 1.99. The predicted octanol–water partition coefficient (Wildman–Crippen LogP) is 4.06. The summed E-state index contributed by atoms with van der Waals surface area (Å²) in [7, 11) is 0. The van der Waals surface area contributed by atoms with Crippen LogP contribution in [-0.4, -0.2) is 19.7 Å². The van der Waals surface area contributed by atoms with E-state index in [0.29, 0.717) is 22.3 Å². The van der Waals surface area contributed by atoms with Gasteiger partial charge >= 0.3 is 0 Å². The molecule has 1 aromatic carbocycles. The molecule has 5 nitrogen and oxygen atoms in total. The average molecular weight is 350 g/mol. The van der Waals surface area contributed by atoms with Crippen LogP contribution in [0.1, 0.15) is 32.0 Å². The fourth-order valence-electron chi connectivity index (χ4n) is 2.48. The summed E-state index contributed by atoms with van der Waals surface area (Å²) in [5, 5.41) is 6.70. The maximum Gasteiger partial charge on any atom is 0.164 e. The first kappa shape index (κ1) is 16.0. The molecular formula is C16H17Cl2N5. The highest BCUT2D eigenvalue weighted by molar-refractivity contribution is 6.35. The summed E-state index contributed by atoms with van der Waals surface area (Å²) >= 11 is 12.2. The van der Waals surface area contributed by atoms with Crippen LogP contribution in [0.3, 0.4) is 0 Å². The predicted molar refractivity (Wildman–Crippen MR) is 94.0 cm³/mol. The number of anilines is 1. The van der Waals surface area contributed by atoms with Crippen LogP contribution in [0.5, 0.6) is 0 Å². The first-order valence-corrected chi connectivity index (χ1v) is 7.95. The maximum atomic E-state index is 6.29. The molecule has 0 saturated carbocycles. The van der Waals surface area contributed by atoms with Gasteiger partial charge in [0.25, 0.3) is 0 Å². The van der Waals surface area contributed by atoms with Gasteiger partial charge in [-0.1, -0.05) is 29.3 Å². The summed E-state index contributed by atoms with van der Waals surface area (Å²) < 4.78 is 1.87. The molecule has 0 radical (unpaired) electrons. The Bertz CT molecular complexity index is 880. The first-order chi connectivity index (χ1) is 10.8. The Morgan fingerprint density at radius 3 is 2.57 bits per heavy atom. The van der Waals surface area contributed by atoms with Crippen LogP contribution < -0.4 is 5.73 Å². The Balaban J connectivity index is 2.18. The molecule has 2 N–H and O–H groups in total. The summed E-state index contributed by atoms with van der Waals surface area (Å²) in [6, 6.07) is 5.43. The third-order valence-electron chi connectivity index (χ3n) is 3.57. The zero-order chi connectivity index (χ0) is 16.8. The normalized spacial score (nSPS) is 12.0. The van der Waals surface area contributed by atoms with Crippen LogP contribution in [0.25, 0.3) is 11.0 Å². The van der Waals surface area contributed by atoms with Gasteiger partial charge in [0.2, 0.25) is 0 Å². The van der Waals surface area contributed by atoms with E-state index in [2.05, 4.69) is 30.7 Å². The molecule has 0 bridgehead atoms. The van der Waals surface area contributed by atoms with E-state index in [-0.39, 0.29) is 5.54 Å². The van der Waals surface area contributed by atoms with E-state index in [4.69, 9.17) is 34.0 Å². The Morgan fingerprint density at radius 2 is 1.91 bits per heavy atom. The number of rotatable bonds is 2. The largest absolute Gasteiger partial charge is 0.383 e. The topological polar surface area (TPSA) is 69.6 Å². The third kappa shape index (κ3) is 2.99. The van der Waals surface area contributed by atoms with E-state index in [1.807, 2.05) is 16.8 Å². The second-order valence-corrected chi connectivity index (χ2v) is 7.24. The van der Waals surface area contributed by atoms with Gasteiger partial charge in [-0.3, -0.25) is 0 Å². The fraction of sp³-hybridized carbons (Fsp3) is 0.312. The van der Waals surface area contributed by atoms with Gasteiger partial charge < -0.3 is 5.73 Å². The standard InChI is InChI=1S/C16H17Cl2N5/c1-16(2,3)23-15-13(14(19)20-8-21-15)12(22-23)6-9-4-5-10(17)7-11(9)18/h4-5,7-8H,6H2,1-3H3,(H2,19,20,21). The molecular weight excluding hydrogens is 333 g/mol. The molecule has 0 aliphatic heterocycles. The Morgan fingerprint density at radius 1 is 1.17 bits per heavy atom. The van der Waals surface area contributed by atoms with Gasteiger partial charge in [0, 0.05) is 16.5 Å². The van der Waals surface area contributed by atoms with Gasteiger partial charge in [-0.15, -0.1) is 0 Å². The molecule has 0 unspecified atom stereocenters. The van der Waals surface area contributed by atoms with E-state index in [1.54, 1.807) is 6.07 Å². The maximum absolute atomic E-state index is 6.29. The van der Waals surface area contributed by atoms with Crippen molar-refractivity contribution in [2.45, 2.75) is 32.7 Å². The van der Waals surface area contributed by atoms with Crippen molar-refractivity contribution in [1.82, 2.24) is 19.7 Å². The van der Waals surface area contributed by atoms with E-state index >= 15 is 0 Å². The second-order valence-electron chi connectivity index (χ2n) is 6.40. The molecule has 0 aliphatic carbocycles. The number of nitrogen functional groups attached to an aromatic ring is 1. The number of fused-ring (bicyclic) bond motifs is 1. The van der Waals surface area contributed by atoms with Crippen molar-refractivity contribution >= 4 is 40.1 Å². The van der Waals surface area contributed by atoms with Gasteiger partial charge in [0.05, 0.1) is 16.6 Å². The molecule has 3 aromatic rings. The van der Waals surface area contributed by atoms with Crippen molar-refractivity contribution in [2.24, 2.45) is 0 Å². The highest BCUT2D eigenvalue weighted by Crippen LogP contribution is 2.30. The lowest BCUT2D eigenvalue weighted by Gasteiger charge is -2.19. The quantitative estimate of drug-likeness (QED) is 0.757. The molecule has 0 saturated heterocycles. The van der Waals surface area contributed by atoms with E-state index in [1.165, 1.54) is 6.33 Å². The molecule has 2 heterocycles. The minimum atomic E-state index is -0.221. The van der Waals surface area contributed by atoms with E-state index in [0.717, 1.165) is 22.3 Å². The van der Waals surface area contributed by atoms with Crippen LogP contribution >= 0.6 is 23.2 Å². The van der Waals surface area contributed by atoms with Crippen LogP contribution in [0.15, 0.2) is 24.5 Å². The number of nitrogens with zero attached hydrogens (tertiary/aromatic N) is 4. The number of aromatic nitrogens is 4. The minimum absolute atomic E-state index is 0.221. The van der Waals surface area contributed by atoms with Gasteiger partial charge in [0.1, 0.15) is 12.1 Å². The van der Waals surface area contributed by atoms with Crippen molar-refractivity contribution in [3.63, 3.8) is 0 Å². The molecule has 0 aliphatic rings. The SMILES string of the molecule is CC(C)(C)n1nc(Cc2ccc(Cl)cc2Cl)c2c(N)ncnc21. The molecule has 0 atom stereocenters. The lowest BCUT2D eigenvalue weighted by molar-refractivity contribution is 0.363.